The van der Waals surface area contributed by atoms with Crippen LogP contribution in [0.2, 0.25) is 0 Å². The van der Waals surface area contributed by atoms with Gasteiger partial charge in [-0.3, -0.25) is 4.79 Å². The molecule has 1 saturated heterocycles. The van der Waals surface area contributed by atoms with Crippen LogP contribution in [0, 0.1) is 5.92 Å². The van der Waals surface area contributed by atoms with Gasteiger partial charge in [-0.05, 0) is 31.7 Å². The molecule has 3 rings (SSSR count). The quantitative estimate of drug-likeness (QED) is 0.897. The number of carbonyl (C=O) groups is 1. The van der Waals surface area contributed by atoms with Gasteiger partial charge in [0.2, 0.25) is 11.9 Å². The summed E-state index contributed by atoms with van der Waals surface area (Å²) < 4.78 is 0. The molecule has 1 saturated carbocycles. The number of hydrogen-bond acceptors (Lipinski definition) is 5. The number of anilines is 2. The van der Waals surface area contributed by atoms with Crippen molar-refractivity contribution in [3.63, 3.8) is 0 Å². The van der Waals surface area contributed by atoms with Gasteiger partial charge in [-0.25, -0.2) is 4.98 Å². The van der Waals surface area contributed by atoms with E-state index in [0.717, 1.165) is 50.5 Å². The average Bonchev–Trinajstić information content (AvgIpc) is 3.31. The fourth-order valence-corrected chi connectivity index (χ4v) is 2.66. The van der Waals surface area contributed by atoms with E-state index in [9.17, 15) is 4.79 Å². The maximum absolute atomic E-state index is 12.2. The lowest BCUT2D eigenvalue weighted by atomic mass is 9.97. The maximum atomic E-state index is 12.2. The summed E-state index contributed by atoms with van der Waals surface area (Å²) in [7, 11) is 3.93. The smallest absolute Gasteiger partial charge is 0.227 e. The monoisotopic (exact) mass is 289 g/mol. The van der Waals surface area contributed by atoms with Crippen LogP contribution >= 0.6 is 0 Å². The molecule has 2 aliphatic rings. The van der Waals surface area contributed by atoms with Crippen LogP contribution in [0.4, 0.5) is 11.8 Å². The van der Waals surface area contributed by atoms with E-state index in [4.69, 9.17) is 0 Å². The third-order valence-electron chi connectivity index (χ3n) is 4.09. The molecule has 1 amide bonds. The Balaban J connectivity index is 1.67. The molecule has 0 aromatic carbocycles. The zero-order valence-electron chi connectivity index (χ0n) is 12.7. The van der Waals surface area contributed by atoms with Gasteiger partial charge in [-0.1, -0.05) is 0 Å². The van der Waals surface area contributed by atoms with E-state index < -0.39 is 0 Å². The van der Waals surface area contributed by atoms with Crippen molar-refractivity contribution < 1.29 is 4.79 Å². The van der Waals surface area contributed by atoms with Crippen molar-refractivity contribution in [3.8, 4) is 0 Å². The lowest BCUT2D eigenvalue weighted by molar-refractivity contribution is -0.125. The fraction of sp³-hybridized carbons (Fsp3) is 0.667. The normalized spacial score (nSPS) is 22.0. The van der Waals surface area contributed by atoms with Gasteiger partial charge in [0, 0.05) is 39.4 Å². The summed E-state index contributed by atoms with van der Waals surface area (Å²) in [5.74, 6) is 1.88. The Labute approximate surface area is 125 Å². The number of nitrogens with zero attached hydrogens (tertiary/aromatic N) is 4. The van der Waals surface area contributed by atoms with E-state index in [-0.39, 0.29) is 11.8 Å². The molecule has 1 aromatic rings. The van der Waals surface area contributed by atoms with E-state index in [0.29, 0.717) is 6.04 Å². The van der Waals surface area contributed by atoms with Gasteiger partial charge in [-0.2, -0.15) is 4.98 Å². The lowest BCUT2D eigenvalue weighted by Crippen LogP contribution is -2.44. The van der Waals surface area contributed by atoms with Crippen LogP contribution in [0.5, 0.6) is 0 Å². The molecule has 1 aromatic heterocycles. The van der Waals surface area contributed by atoms with Crippen molar-refractivity contribution in [2.75, 3.05) is 37.0 Å². The van der Waals surface area contributed by atoms with Crippen molar-refractivity contribution in [1.29, 1.82) is 0 Å². The van der Waals surface area contributed by atoms with Crippen LogP contribution in [0.15, 0.2) is 12.3 Å². The minimum atomic E-state index is 0.0611. The van der Waals surface area contributed by atoms with Gasteiger partial charge < -0.3 is 15.1 Å². The van der Waals surface area contributed by atoms with Gasteiger partial charge in [0.05, 0.1) is 5.92 Å². The zero-order chi connectivity index (χ0) is 14.8. The molecular formula is C15H23N5O. The van der Waals surface area contributed by atoms with Crippen molar-refractivity contribution in [3.05, 3.63) is 12.3 Å². The molecule has 0 bridgehead atoms. The number of piperidine rings is 1. The highest BCUT2D eigenvalue weighted by atomic mass is 16.2. The molecule has 1 aliphatic carbocycles. The summed E-state index contributed by atoms with van der Waals surface area (Å²) in [5.41, 5.74) is 0. The van der Waals surface area contributed by atoms with Crippen LogP contribution in [-0.4, -0.2) is 49.1 Å². The standard InChI is InChI=1S/C15H23N5O/c1-19(2)13-7-8-16-15(18-13)20-9-3-4-11(10-20)14(21)17-12-5-6-12/h7-8,11-12H,3-6,9-10H2,1-2H3,(H,17,21). The molecule has 6 nitrogen and oxygen atoms in total. The maximum Gasteiger partial charge on any atom is 0.227 e. The SMILES string of the molecule is CN(C)c1ccnc(N2CCCC(C(=O)NC3CC3)C2)n1. The number of hydrogen-bond donors (Lipinski definition) is 1. The first-order valence-electron chi connectivity index (χ1n) is 7.69. The minimum absolute atomic E-state index is 0.0611. The largest absolute Gasteiger partial charge is 0.363 e. The molecule has 114 valence electrons. The molecule has 2 heterocycles. The van der Waals surface area contributed by atoms with Crippen LogP contribution < -0.4 is 15.1 Å². The molecule has 1 atom stereocenters. The van der Waals surface area contributed by atoms with Gasteiger partial charge in [-0.15, -0.1) is 0 Å². The highest BCUT2D eigenvalue weighted by Gasteiger charge is 2.31. The topological polar surface area (TPSA) is 61.4 Å². The van der Waals surface area contributed by atoms with E-state index >= 15 is 0 Å². The number of aromatic nitrogens is 2. The lowest BCUT2D eigenvalue weighted by Gasteiger charge is -2.32. The second-order valence-electron chi connectivity index (χ2n) is 6.18. The molecular weight excluding hydrogens is 266 g/mol. The Morgan fingerprint density at radius 1 is 1.38 bits per heavy atom. The van der Waals surface area contributed by atoms with Gasteiger partial charge >= 0.3 is 0 Å². The Hall–Kier alpha value is -1.85. The zero-order valence-corrected chi connectivity index (χ0v) is 12.7. The third kappa shape index (κ3) is 3.43. The molecule has 2 fully saturated rings. The first-order chi connectivity index (χ1) is 10.1. The van der Waals surface area contributed by atoms with Gasteiger partial charge in [0.25, 0.3) is 0 Å². The Morgan fingerprint density at radius 3 is 2.90 bits per heavy atom. The molecule has 1 aliphatic heterocycles. The molecule has 6 heteroatoms. The summed E-state index contributed by atoms with van der Waals surface area (Å²) in [4.78, 5) is 25.3. The summed E-state index contributed by atoms with van der Waals surface area (Å²) >= 11 is 0. The molecule has 21 heavy (non-hydrogen) atoms. The average molecular weight is 289 g/mol. The van der Waals surface area contributed by atoms with Crippen LogP contribution in [0.1, 0.15) is 25.7 Å². The highest BCUT2D eigenvalue weighted by Crippen LogP contribution is 2.24. The van der Waals surface area contributed by atoms with Crippen molar-refractivity contribution in [2.24, 2.45) is 5.92 Å². The second kappa shape index (κ2) is 5.87. The second-order valence-corrected chi connectivity index (χ2v) is 6.18. The van der Waals surface area contributed by atoms with E-state index in [1.165, 1.54) is 0 Å². The highest BCUT2D eigenvalue weighted by molar-refractivity contribution is 5.80. The van der Waals surface area contributed by atoms with E-state index in [1.54, 1.807) is 6.20 Å². The van der Waals surface area contributed by atoms with Crippen LogP contribution in [-0.2, 0) is 4.79 Å². The summed E-state index contributed by atoms with van der Waals surface area (Å²) in [6.45, 7) is 1.64. The Kier molecular flexibility index (Phi) is 3.94. The minimum Gasteiger partial charge on any atom is -0.363 e. The van der Waals surface area contributed by atoms with E-state index in [1.807, 2.05) is 25.1 Å². The van der Waals surface area contributed by atoms with Crippen molar-refractivity contribution in [1.82, 2.24) is 15.3 Å². The van der Waals surface area contributed by atoms with Gasteiger partial charge in [0.15, 0.2) is 0 Å². The number of carbonyl (C=O) groups excluding carboxylic acids is 1. The first-order valence-corrected chi connectivity index (χ1v) is 7.69. The van der Waals surface area contributed by atoms with Crippen LogP contribution in [0.25, 0.3) is 0 Å². The molecule has 1 N–H and O–H groups in total. The predicted molar refractivity (Wildman–Crippen MR) is 82.5 cm³/mol. The Bertz CT molecular complexity index is 515. The Morgan fingerprint density at radius 2 is 2.19 bits per heavy atom. The van der Waals surface area contributed by atoms with E-state index in [2.05, 4.69) is 20.2 Å². The van der Waals surface area contributed by atoms with Crippen LogP contribution in [0.3, 0.4) is 0 Å². The summed E-state index contributed by atoms with van der Waals surface area (Å²) in [6.07, 6.45) is 6.03. The summed E-state index contributed by atoms with van der Waals surface area (Å²) in [6, 6.07) is 2.33. The molecule has 1 unspecified atom stereocenters. The first kappa shape index (κ1) is 14.1. The fourth-order valence-electron chi connectivity index (χ4n) is 2.66. The number of nitrogens with one attached hydrogen (secondary N) is 1. The van der Waals surface area contributed by atoms with Crippen molar-refractivity contribution >= 4 is 17.7 Å². The predicted octanol–water partition coefficient (Wildman–Crippen LogP) is 1.04. The number of amides is 1. The molecule has 0 radical (unpaired) electrons. The molecule has 0 spiro atoms. The van der Waals surface area contributed by atoms with Crippen molar-refractivity contribution in [2.45, 2.75) is 31.7 Å². The number of rotatable bonds is 4. The summed E-state index contributed by atoms with van der Waals surface area (Å²) in [5, 5.41) is 3.11. The third-order valence-corrected chi connectivity index (χ3v) is 4.09. The van der Waals surface area contributed by atoms with Gasteiger partial charge in [0.1, 0.15) is 5.82 Å².